The van der Waals surface area contributed by atoms with Gasteiger partial charge >= 0.3 is 0 Å². The van der Waals surface area contributed by atoms with Crippen molar-refractivity contribution < 1.29 is 13.6 Å². The topological polar surface area (TPSA) is 41.1 Å². The van der Waals surface area contributed by atoms with Crippen molar-refractivity contribution in [2.45, 2.75) is 50.6 Å². The lowest BCUT2D eigenvalue weighted by atomic mass is 9.79. The summed E-state index contributed by atoms with van der Waals surface area (Å²) in [6.07, 6.45) is 5.84. The van der Waals surface area contributed by atoms with Crippen LogP contribution in [0.25, 0.3) is 0 Å². The van der Waals surface area contributed by atoms with Gasteiger partial charge in [-0.05, 0) is 26.0 Å². The minimum Gasteiger partial charge on any atom is -0.352 e. The van der Waals surface area contributed by atoms with Crippen LogP contribution in [0, 0.1) is 11.6 Å². The average molecular weight is 296 g/mol. The first-order valence-corrected chi connectivity index (χ1v) is 7.44. The van der Waals surface area contributed by atoms with Crippen molar-refractivity contribution in [3.63, 3.8) is 0 Å². The number of carbonyl (C=O) groups excluding carboxylic acids is 1. The van der Waals surface area contributed by atoms with E-state index in [9.17, 15) is 13.6 Å². The van der Waals surface area contributed by atoms with E-state index in [0.717, 1.165) is 31.7 Å². The number of rotatable bonds is 5. The molecule has 1 aromatic carbocycles. The van der Waals surface area contributed by atoms with Gasteiger partial charge in [-0.15, -0.1) is 0 Å². The largest absolute Gasteiger partial charge is 0.352 e. The van der Waals surface area contributed by atoms with Crippen molar-refractivity contribution in [3.05, 3.63) is 35.4 Å². The Hall–Kier alpha value is -1.49. The van der Waals surface area contributed by atoms with Crippen LogP contribution in [0.15, 0.2) is 18.2 Å². The Kier molecular flexibility index (Phi) is 5.28. The van der Waals surface area contributed by atoms with Gasteiger partial charge in [0.15, 0.2) is 0 Å². The molecule has 2 N–H and O–H groups in total. The van der Waals surface area contributed by atoms with Crippen molar-refractivity contribution in [1.82, 2.24) is 10.6 Å². The Morgan fingerprint density at radius 1 is 1.24 bits per heavy atom. The van der Waals surface area contributed by atoms with Crippen molar-refractivity contribution in [2.24, 2.45) is 0 Å². The molecule has 0 bridgehead atoms. The third-order valence-electron chi connectivity index (χ3n) is 4.33. The maximum Gasteiger partial charge on any atom is 0.222 e. The number of carbonyl (C=O) groups is 1. The summed E-state index contributed by atoms with van der Waals surface area (Å²) in [7, 11) is 1.89. The summed E-state index contributed by atoms with van der Waals surface area (Å²) in [4.78, 5) is 12.1. The van der Waals surface area contributed by atoms with Crippen molar-refractivity contribution in [3.8, 4) is 0 Å². The van der Waals surface area contributed by atoms with Crippen LogP contribution in [0.1, 0.15) is 44.1 Å². The second-order valence-electron chi connectivity index (χ2n) is 5.78. The van der Waals surface area contributed by atoms with Crippen LogP contribution in [0.3, 0.4) is 0 Å². The first-order valence-electron chi connectivity index (χ1n) is 7.44. The summed E-state index contributed by atoms with van der Waals surface area (Å²) in [5.74, 6) is -1.34. The average Bonchev–Trinajstić information content (AvgIpc) is 2.47. The Morgan fingerprint density at radius 3 is 2.57 bits per heavy atom. The molecule has 21 heavy (non-hydrogen) atoms. The molecule has 1 aromatic rings. The van der Waals surface area contributed by atoms with E-state index in [1.165, 1.54) is 18.6 Å². The van der Waals surface area contributed by atoms with Gasteiger partial charge < -0.3 is 10.6 Å². The lowest BCUT2D eigenvalue weighted by Gasteiger charge is -2.36. The molecule has 0 saturated heterocycles. The number of nitrogens with one attached hydrogen (secondary N) is 2. The van der Waals surface area contributed by atoms with Gasteiger partial charge in [-0.1, -0.05) is 25.3 Å². The molecule has 1 amide bonds. The zero-order valence-electron chi connectivity index (χ0n) is 12.3. The Bertz CT molecular complexity index is 499. The molecule has 0 atom stereocenters. The van der Waals surface area contributed by atoms with Crippen LogP contribution in [0.2, 0.25) is 0 Å². The van der Waals surface area contributed by atoms with Gasteiger partial charge in [-0.25, -0.2) is 8.78 Å². The molecule has 1 aliphatic rings. The third kappa shape index (κ3) is 4.24. The second kappa shape index (κ2) is 6.98. The van der Waals surface area contributed by atoms with E-state index in [-0.39, 0.29) is 18.0 Å². The SMILES string of the molecule is CNC1(CC(=O)NCc2ccc(F)cc2F)CCCCC1. The Balaban J connectivity index is 1.89. The fourth-order valence-electron chi connectivity index (χ4n) is 2.97. The van der Waals surface area contributed by atoms with E-state index in [1.807, 2.05) is 7.05 Å². The zero-order chi connectivity index (χ0) is 15.3. The highest BCUT2D eigenvalue weighted by atomic mass is 19.1. The van der Waals surface area contributed by atoms with E-state index >= 15 is 0 Å². The molecule has 0 spiro atoms. The molecule has 5 heteroatoms. The van der Waals surface area contributed by atoms with Gasteiger partial charge in [-0.3, -0.25) is 4.79 Å². The standard InChI is InChI=1S/C16H22F2N2O/c1-19-16(7-3-2-4-8-16)10-15(21)20-11-12-5-6-13(17)9-14(12)18/h5-6,9,19H,2-4,7-8,10-11H2,1H3,(H,20,21). The molecular weight excluding hydrogens is 274 g/mol. The van der Waals surface area contributed by atoms with E-state index < -0.39 is 11.6 Å². The molecule has 1 aliphatic carbocycles. The van der Waals surface area contributed by atoms with E-state index in [1.54, 1.807) is 0 Å². The smallest absolute Gasteiger partial charge is 0.222 e. The van der Waals surface area contributed by atoms with Crippen molar-refractivity contribution in [2.75, 3.05) is 7.05 Å². The van der Waals surface area contributed by atoms with Crippen LogP contribution >= 0.6 is 0 Å². The molecule has 3 nitrogen and oxygen atoms in total. The molecule has 0 aliphatic heterocycles. The fourth-order valence-corrected chi connectivity index (χ4v) is 2.97. The molecule has 0 aromatic heterocycles. The number of hydrogen-bond acceptors (Lipinski definition) is 2. The molecule has 1 saturated carbocycles. The molecule has 0 radical (unpaired) electrons. The molecule has 2 rings (SSSR count). The lowest BCUT2D eigenvalue weighted by molar-refractivity contribution is -0.123. The van der Waals surface area contributed by atoms with Gasteiger partial charge in [0.25, 0.3) is 0 Å². The van der Waals surface area contributed by atoms with Crippen LogP contribution in [0.5, 0.6) is 0 Å². The minimum atomic E-state index is -0.628. The quantitative estimate of drug-likeness (QED) is 0.877. The summed E-state index contributed by atoms with van der Waals surface area (Å²) in [5.41, 5.74) is 0.163. The monoisotopic (exact) mass is 296 g/mol. The van der Waals surface area contributed by atoms with Gasteiger partial charge in [0.2, 0.25) is 5.91 Å². The minimum absolute atomic E-state index is 0.0880. The molecular formula is C16H22F2N2O. The number of benzene rings is 1. The predicted molar refractivity (Wildman–Crippen MR) is 77.7 cm³/mol. The van der Waals surface area contributed by atoms with Crippen LogP contribution in [-0.4, -0.2) is 18.5 Å². The van der Waals surface area contributed by atoms with Crippen LogP contribution in [0.4, 0.5) is 8.78 Å². The number of amides is 1. The van der Waals surface area contributed by atoms with E-state index in [4.69, 9.17) is 0 Å². The highest BCUT2D eigenvalue weighted by Gasteiger charge is 2.32. The molecule has 1 fully saturated rings. The molecule has 116 valence electrons. The summed E-state index contributed by atoms with van der Waals surface area (Å²) < 4.78 is 26.3. The molecule has 0 heterocycles. The van der Waals surface area contributed by atoms with Crippen LogP contribution in [-0.2, 0) is 11.3 Å². The van der Waals surface area contributed by atoms with Crippen molar-refractivity contribution >= 4 is 5.91 Å². The second-order valence-corrected chi connectivity index (χ2v) is 5.78. The Labute approximate surface area is 124 Å². The fraction of sp³-hybridized carbons (Fsp3) is 0.562. The van der Waals surface area contributed by atoms with Crippen molar-refractivity contribution in [1.29, 1.82) is 0 Å². The zero-order valence-corrected chi connectivity index (χ0v) is 12.3. The van der Waals surface area contributed by atoms with Gasteiger partial charge in [-0.2, -0.15) is 0 Å². The lowest BCUT2D eigenvalue weighted by Crippen LogP contribution is -2.48. The number of halogens is 2. The maximum absolute atomic E-state index is 13.5. The van der Waals surface area contributed by atoms with Gasteiger partial charge in [0, 0.05) is 30.1 Å². The normalized spacial score (nSPS) is 17.5. The summed E-state index contributed by atoms with van der Waals surface area (Å²) in [6.45, 7) is 0.0880. The number of hydrogen-bond donors (Lipinski definition) is 2. The van der Waals surface area contributed by atoms with Gasteiger partial charge in [0.1, 0.15) is 11.6 Å². The first kappa shape index (κ1) is 15.9. The first-order chi connectivity index (χ1) is 10.0. The van der Waals surface area contributed by atoms with E-state index in [2.05, 4.69) is 10.6 Å². The highest BCUT2D eigenvalue weighted by Crippen LogP contribution is 2.30. The summed E-state index contributed by atoms with van der Waals surface area (Å²) in [6, 6.07) is 3.39. The summed E-state index contributed by atoms with van der Waals surface area (Å²) >= 11 is 0. The predicted octanol–water partition coefficient (Wildman–Crippen LogP) is 2.89. The van der Waals surface area contributed by atoms with E-state index in [0.29, 0.717) is 12.0 Å². The highest BCUT2D eigenvalue weighted by molar-refractivity contribution is 5.77. The van der Waals surface area contributed by atoms with Crippen LogP contribution < -0.4 is 10.6 Å². The van der Waals surface area contributed by atoms with Gasteiger partial charge in [0.05, 0.1) is 0 Å². The third-order valence-corrected chi connectivity index (χ3v) is 4.33. The Morgan fingerprint density at radius 2 is 1.95 bits per heavy atom. The summed E-state index contributed by atoms with van der Waals surface area (Å²) in [5, 5.41) is 6.01. The maximum atomic E-state index is 13.5. The molecule has 0 unspecified atom stereocenters.